The van der Waals surface area contributed by atoms with Gasteiger partial charge in [-0.1, -0.05) is 0 Å². The van der Waals surface area contributed by atoms with Gasteiger partial charge in [-0.05, 0) is 57.9 Å². The van der Waals surface area contributed by atoms with Crippen LogP contribution in [0.2, 0.25) is 0 Å². The molecule has 0 aromatic heterocycles. The van der Waals surface area contributed by atoms with E-state index in [1.807, 2.05) is 0 Å². The number of esters is 1. The first-order valence-corrected chi connectivity index (χ1v) is 7.69. The minimum Gasteiger partial charge on any atom is -0.468 e. The molecule has 3 rings (SSSR count). The third-order valence-electron chi connectivity index (χ3n) is 4.99. The van der Waals surface area contributed by atoms with Crippen molar-refractivity contribution in [2.45, 2.75) is 62.6 Å². The Kier molecular flexibility index (Phi) is 3.56. The minimum absolute atomic E-state index is 0.0540. The second-order valence-electron chi connectivity index (χ2n) is 6.77. The van der Waals surface area contributed by atoms with Gasteiger partial charge >= 0.3 is 5.97 Å². The fourth-order valence-corrected chi connectivity index (χ4v) is 3.44. The molecule has 0 spiro atoms. The molecule has 1 N–H and O–H groups in total. The van der Waals surface area contributed by atoms with Gasteiger partial charge in [0.1, 0.15) is 5.54 Å². The second-order valence-corrected chi connectivity index (χ2v) is 6.77. The van der Waals surface area contributed by atoms with E-state index in [1.165, 1.54) is 39.3 Å². The average Bonchev–Trinajstić information content (AvgIpc) is 3.31. The van der Waals surface area contributed by atoms with Gasteiger partial charge in [-0.3, -0.25) is 10.1 Å². The van der Waals surface area contributed by atoms with Crippen molar-refractivity contribution in [1.82, 2.24) is 10.2 Å². The molecule has 0 aliphatic heterocycles. The van der Waals surface area contributed by atoms with Crippen molar-refractivity contribution in [3.05, 3.63) is 0 Å². The number of nitrogens with one attached hydrogen (secondary N) is 1. The molecule has 0 aromatic carbocycles. The third-order valence-corrected chi connectivity index (χ3v) is 4.99. The van der Waals surface area contributed by atoms with E-state index in [4.69, 9.17) is 4.74 Å². The van der Waals surface area contributed by atoms with Gasteiger partial charge in [-0.25, -0.2) is 0 Å². The summed E-state index contributed by atoms with van der Waals surface area (Å²) in [6, 6.07) is 1.08. The van der Waals surface area contributed by atoms with Crippen LogP contribution in [0.25, 0.3) is 0 Å². The summed E-state index contributed by atoms with van der Waals surface area (Å²) in [6.45, 7) is 1.20. The van der Waals surface area contributed by atoms with E-state index in [0.717, 1.165) is 25.2 Å². The standard InChI is InChI=1S/C15H26N2O2/c1-17(10-11-3-4-11)13-7-8-15(9-13,14(18)19-2)16-12-5-6-12/h11-13,16H,3-10H2,1-2H3. The first-order valence-electron chi connectivity index (χ1n) is 7.69. The average molecular weight is 266 g/mol. The topological polar surface area (TPSA) is 41.6 Å². The van der Waals surface area contributed by atoms with Crippen molar-refractivity contribution in [3.63, 3.8) is 0 Å². The van der Waals surface area contributed by atoms with Crippen LogP contribution in [0.15, 0.2) is 0 Å². The summed E-state index contributed by atoms with van der Waals surface area (Å²) < 4.78 is 5.07. The quantitative estimate of drug-likeness (QED) is 0.741. The maximum absolute atomic E-state index is 12.2. The Morgan fingerprint density at radius 1 is 1.32 bits per heavy atom. The zero-order valence-electron chi connectivity index (χ0n) is 12.2. The number of rotatable bonds is 6. The zero-order chi connectivity index (χ0) is 13.5. The summed E-state index contributed by atoms with van der Waals surface area (Å²) in [7, 11) is 3.73. The molecule has 2 atom stereocenters. The maximum Gasteiger partial charge on any atom is 0.326 e. The van der Waals surface area contributed by atoms with Crippen molar-refractivity contribution >= 4 is 5.97 Å². The van der Waals surface area contributed by atoms with E-state index >= 15 is 0 Å². The fourth-order valence-electron chi connectivity index (χ4n) is 3.44. The molecule has 3 aliphatic rings. The number of nitrogens with zero attached hydrogens (tertiary/aromatic N) is 1. The van der Waals surface area contributed by atoms with Crippen molar-refractivity contribution in [2.24, 2.45) is 5.92 Å². The minimum atomic E-state index is -0.404. The van der Waals surface area contributed by atoms with Crippen LogP contribution in [0, 0.1) is 5.92 Å². The normalized spacial score (nSPS) is 34.8. The molecule has 19 heavy (non-hydrogen) atoms. The highest BCUT2D eigenvalue weighted by molar-refractivity contribution is 5.81. The van der Waals surface area contributed by atoms with Crippen LogP contribution in [0.1, 0.15) is 44.9 Å². The molecule has 3 aliphatic carbocycles. The van der Waals surface area contributed by atoms with Crippen LogP contribution in [-0.2, 0) is 9.53 Å². The molecular weight excluding hydrogens is 240 g/mol. The molecule has 3 fully saturated rings. The highest BCUT2D eigenvalue weighted by Gasteiger charge is 2.49. The lowest BCUT2D eigenvalue weighted by atomic mass is 9.97. The Morgan fingerprint density at radius 3 is 2.63 bits per heavy atom. The first kappa shape index (κ1) is 13.4. The SMILES string of the molecule is COC(=O)C1(NC2CC2)CCC(N(C)CC2CC2)C1. The van der Waals surface area contributed by atoms with Crippen molar-refractivity contribution in [2.75, 3.05) is 20.7 Å². The summed E-state index contributed by atoms with van der Waals surface area (Å²) in [4.78, 5) is 14.7. The van der Waals surface area contributed by atoms with E-state index < -0.39 is 5.54 Å². The lowest BCUT2D eigenvalue weighted by molar-refractivity contribution is -0.148. The van der Waals surface area contributed by atoms with Gasteiger partial charge in [0.2, 0.25) is 0 Å². The molecule has 0 bridgehead atoms. The molecule has 0 radical (unpaired) electrons. The molecule has 0 saturated heterocycles. The van der Waals surface area contributed by atoms with Crippen LogP contribution in [0.5, 0.6) is 0 Å². The molecule has 0 aromatic rings. The predicted octanol–water partition coefficient (Wildman–Crippen LogP) is 1.54. The highest BCUT2D eigenvalue weighted by atomic mass is 16.5. The van der Waals surface area contributed by atoms with Gasteiger partial charge < -0.3 is 9.64 Å². The van der Waals surface area contributed by atoms with E-state index in [9.17, 15) is 4.79 Å². The van der Waals surface area contributed by atoms with E-state index in [2.05, 4.69) is 17.3 Å². The highest BCUT2D eigenvalue weighted by Crippen LogP contribution is 2.38. The number of hydrogen-bond acceptors (Lipinski definition) is 4. The van der Waals surface area contributed by atoms with E-state index in [1.54, 1.807) is 0 Å². The molecular formula is C15H26N2O2. The molecule has 0 amide bonds. The molecule has 4 heteroatoms. The van der Waals surface area contributed by atoms with Crippen molar-refractivity contribution in [1.29, 1.82) is 0 Å². The summed E-state index contributed by atoms with van der Waals surface area (Å²) >= 11 is 0. The third kappa shape index (κ3) is 2.95. The van der Waals surface area contributed by atoms with Gasteiger partial charge in [0, 0.05) is 18.6 Å². The van der Waals surface area contributed by atoms with Gasteiger partial charge in [0.05, 0.1) is 7.11 Å². The Hall–Kier alpha value is -0.610. The summed E-state index contributed by atoms with van der Waals surface area (Å²) in [5.74, 6) is 0.858. The Labute approximate surface area is 115 Å². The van der Waals surface area contributed by atoms with Gasteiger partial charge in [0.25, 0.3) is 0 Å². The van der Waals surface area contributed by atoms with Crippen LogP contribution in [0.3, 0.4) is 0 Å². The Bertz CT molecular complexity index is 352. The van der Waals surface area contributed by atoms with Gasteiger partial charge in [-0.2, -0.15) is 0 Å². The van der Waals surface area contributed by atoms with Crippen molar-refractivity contribution in [3.8, 4) is 0 Å². The van der Waals surface area contributed by atoms with E-state index in [0.29, 0.717) is 12.1 Å². The first-order chi connectivity index (χ1) is 9.13. The van der Waals surface area contributed by atoms with Crippen LogP contribution < -0.4 is 5.32 Å². The van der Waals surface area contributed by atoms with Crippen molar-refractivity contribution < 1.29 is 9.53 Å². The predicted molar refractivity (Wildman–Crippen MR) is 73.9 cm³/mol. The van der Waals surface area contributed by atoms with Gasteiger partial charge in [0.15, 0.2) is 0 Å². The lowest BCUT2D eigenvalue weighted by Gasteiger charge is -2.30. The molecule has 3 saturated carbocycles. The van der Waals surface area contributed by atoms with Crippen LogP contribution in [-0.4, -0.2) is 49.2 Å². The number of hydrogen-bond donors (Lipinski definition) is 1. The molecule has 108 valence electrons. The molecule has 4 nitrogen and oxygen atoms in total. The second kappa shape index (κ2) is 5.06. The molecule has 2 unspecified atom stereocenters. The number of methoxy groups -OCH3 is 1. The van der Waals surface area contributed by atoms with Crippen LogP contribution in [0.4, 0.5) is 0 Å². The lowest BCUT2D eigenvalue weighted by Crippen LogP contribution is -2.52. The zero-order valence-corrected chi connectivity index (χ0v) is 12.2. The number of carbonyl (C=O) groups excluding carboxylic acids is 1. The molecule has 0 heterocycles. The number of carbonyl (C=O) groups is 1. The summed E-state index contributed by atoms with van der Waals surface area (Å²) in [5, 5.41) is 3.57. The number of ether oxygens (including phenoxy) is 1. The smallest absolute Gasteiger partial charge is 0.326 e. The Morgan fingerprint density at radius 2 is 2.05 bits per heavy atom. The Balaban J connectivity index is 1.62. The van der Waals surface area contributed by atoms with Crippen LogP contribution >= 0.6 is 0 Å². The summed E-state index contributed by atoms with van der Waals surface area (Å²) in [6.07, 6.45) is 8.15. The largest absolute Gasteiger partial charge is 0.468 e. The van der Waals surface area contributed by atoms with Gasteiger partial charge in [-0.15, -0.1) is 0 Å². The summed E-state index contributed by atoms with van der Waals surface area (Å²) in [5.41, 5.74) is -0.404. The monoisotopic (exact) mass is 266 g/mol. The maximum atomic E-state index is 12.2. The fraction of sp³-hybridized carbons (Fsp3) is 0.933. The van der Waals surface area contributed by atoms with E-state index in [-0.39, 0.29) is 5.97 Å².